The number of methoxy groups -OCH3 is 1. The quantitative estimate of drug-likeness (QED) is 0.754. The highest BCUT2D eigenvalue weighted by Crippen LogP contribution is 2.33. The Morgan fingerprint density at radius 2 is 2.00 bits per heavy atom. The topological polar surface area (TPSA) is 38.5 Å². The number of piperidine rings is 1. The van der Waals surface area contributed by atoms with Crippen LogP contribution in [-0.4, -0.2) is 44.3 Å². The van der Waals surface area contributed by atoms with Gasteiger partial charge in [-0.1, -0.05) is 20.3 Å². The van der Waals surface area contributed by atoms with Gasteiger partial charge in [0.15, 0.2) is 0 Å². The van der Waals surface area contributed by atoms with E-state index in [1.54, 1.807) is 7.11 Å². The average molecular weight is 228 g/mol. The van der Waals surface area contributed by atoms with Gasteiger partial charge < -0.3 is 15.4 Å². The summed E-state index contributed by atoms with van der Waals surface area (Å²) >= 11 is 0. The summed E-state index contributed by atoms with van der Waals surface area (Å²) in [6.07, 6.45) is 5.28. The van der Waals surface area contributed by atoms with E-state index in [1.807, 2.05) is 0 Å². The third kappa shape index (κ3) is 4.04. The Kier molecular flexibility index (Phi) is 5.73. The number of likely N-dealkylation sites (tertiary alicyclic amines) is 1. The van der Waals surface area contributed by atoms with E-state index in [0.717, 1.165) is 13.0 Å². The average Bonchev–Trinajstić information content (AvgIpc) is 2.33. The highest BCUT2D eigenvalue weighted by molar-refractivity contribution is 4.81. The van der Waals surface area contributed by atoms with Gasteiger partial charge in [-0.25, -0.2) is 0 Å². The molecule has 0 saturated carbocycles. The lowest BCUT2D eigenvalue weighted by molar-refractivity contribution is 0.0695. The molecule has 3 nitrogen and oxygen atoms in total. The fourth-order valence-electron chi connectivity index (χ4n) is 2.33. The van der Waals surface area contributed by atoms with Crippen molar-refractivity contribution >= 4 is 0 Å². The summed E-state index contributed by atoms with van der Waals surface area (Å²) < 4.78 is 5.30. The van der Waals surface area contributed by atoms with Crippen molar-refractivity contribution in [3.05, 3.63) is 0 Å². The minimum atomic E-state index is 0.236. The molecule has 0 aliphatic carbocycles. The van der Waals surface area contributed by atoms with Crippen molar-refractivity contribution in [3.8, 4) is 0 Å². The van der Waals surface area contributed by atoms with Crippen molar-refractivity contribution in [1.29, 1.82) is 0 Å². The largest absolute Gasteiger partial charge is 0.380 e. The van der Waals surface area contributed by atoms with Crippen LogP contribution >= 0.6 is 0 Å². The number of nitrogens with zero attached hydrogens (tertiary/aromatic N) is 1. The van der Waals surface area contributed by atoms with E-state index in [2.05, 4.69) is 18.7 Å². The first-order chi connectivity index (χ1) is 7.63. The third-order valence-corrected chi connectivity index (χ3v) is 4.28. The van der Waals surface area contributed by atoms with Crippen LogP contribution in [0.5, 0.6) is 0 Å². The van der Waals surface area contributed by atoms with Crippen molar-refractivity contribution < 1.29 is 4.74 Å². The summed E-state index contributed by atoms with van der Waals surface area (Å²) in [7, 11) is 1.75. The molecule has 96 valence electrons. The van der Waals surface area contributed by atoms with E-state index in [9.17, 15) is 0 Å². The molecule has 1 aliphatic rings. The number of ether oxygens (including phenoxy) is 1. The van der Waals surface area contributed by atoms with Crippen LogP contribution in [0.25, 0.3) is 0 Å². The molecule has 1 aliphatic heterocycles. The minimum absolute atomic E-state index is 0.236. The van der Waals surface area contributed by atoms with Crippen LogP contribution < -0.4 is 5.73 Å². The zero-order chi connectivity index (χ0) is 12.0. The molecule has 16 heavy (non-hydrogen) atoms. The van der Waals surface area contributed by atoms with Crippen LogP contribution in [-0.2, 0) is 4.74 Å². The highest BCUT2D eigenvalue weighted by atomic mass is 16.5. The summed E-state index contributed by atoms with van der Waals surface area (Å²) in [5.41, 5.74) is 6.21. The third-order valence-electron chi connectivity index (χ3n) is 4.28. The second-order valence-corrected chi connectivity index (χ2v) is 5.39. The predicted octanol–water partition coefficient (Wildman–Crippen LogP) is 1.86. The number of hydrogen-bond donors (Lipinski definition) is 1. The Labute approximate surface area is 100 Å². The Hall–Kier alpha value is -0.120. The molecular weight excluding hydrogens is 200 g/mol. The lowest BCUT2D eigenvalue weighted by Crippen LogP contribution is -2.40. The van der Waals surface area contributed by atoms with E-state index in [-0.39, 0.29) is 6.10 Å². The molecule has 1 atom stereocenters. The summed E-state index contributed by atoms with van der Waals surface area (Å²) in [6.45, 7) is 8.98. The van der Waals surface area contributed by atoms with Gasteiger partial charge in [0.25, 0.3) is 0 Å². The lowest BCUT2D eigenvalue weighted by Gasteiger charge is -2.39. The van der Waals surface area contributed by atoms with Crippen LogP contribution in [0.2, 0.25) is 0 Å². The number of rotatable bonds is 6. The SMILES string of the molecule is CCC1(C)CCN(CCC(CN)OC)CC1. The zero-order valence-electron chi connectivity index (χ0n) is 11.2. The molecule has 1 saturated heterocycles. The first-order valence-corrected chi connectivity index (χ1v) is 6.59. The summed E-state index contributed by atoms with van der Waals surface area (Å²) in [5.74, 6) is 0. The molecule has 0 amide bonds. The van der Waals surface area contributed by atoms with Gasteiger partial charge in [-0.05, 0) is 37.8 Å². The maximum atomic E-state index is 5.62. The Morgan fingerprint density at radius 3 is 2.44 bits per heavy atom. The van der Waals surface area contributed by atoms with E-state index >= 15 is 0 Å². The molecule has 2 N–H and O–H groups in total. The van der Waals surface area contributed by atoms with Crippen molar-refractivity contribution in [2.75, 3.05) is 33.3 Å². The van der Waals surface area contributed by atoms with Gasteiger partial charge in [0.1, 0.15) is 0 Å². The molecule has 3 heteroatoms. The van der Waals surface area contributed by atoms with Gasteiger partial charge in [-0.3, -0.25) is 0 Å². The highest BCUT2D eigenvalue weighted by Gasteiger charge is 2.28. The molecule has 1 heterocycles. The Morgan fingerprint density at radius 1 is 1.38 bits per heavy atom. The Balaban J connectivity index is 2.22. The molecule has 0 bridgehead atoms. The number of hydrogen-bond acceptors (Lipinski definition) is 3. The molecule has 1 fully saturated rings. The van der Waals surface area contributed by atoms with Crippen molar-refractivity contribution in [3.63, 3.8) is 0 Å². The van der Waals surface area contributed by atoms with Crippen LogP contribution in [0.1, 0.15) is 39.5 Å². The molecule has 0 aromatic carbocycles. The van der Waals surface area contributed by atoms with Crippen molar-refractivity contribution in [1.82, 2.24) is 4.90 Å². The van der Waals surface area contributed by atoms with Gasteiger partial charge in [-0.2, -0.15) is 0 Å². The van der Waals surface area contributed by atoms with Crippen LogP contribution in [0.15, 0.2) is 0 Å². The van der Waals surface area contributed by atoms with Crippen LogP contribution in [0.4, 0.5) is 0 Å². The fourth-order valence-corrected chi connectivity index (χ4v) is 2.33. The Bertz CT molecular complexity index is 184. The molecule has 1 unspecified atom stereocenters. The second-order valence-electron chi connectivity index (χ2n) is 5.39. The van der Waals surface area contributed by atoms with E-state index < -0.39 is 0 Å². The smallest absolute Gasteiger partial charge is 0.0705 e. The first-order valence-electron chi connectivity index (χ1n) is 6.59. The van der Waals surface area contributed by atoms with Crippen LogP contribution in [0, 0.1) is 5.41 Å². The molecule has 0 radical (unpaired) electrons. The summed E-state index contributed by atoms with van der Waals surface area (Å²) in [6, 6.07) is 0. The predicted molar refractivity (Wildman–Crippen MR) is 68.5 cm³/mol. The van der Waals surface area contributed by atoms with Gasteiger partial charge in [0, 0.05) is 20.2 Å². The number of nitrogens with two attached hydrogens (primary N) is 1. The summed E-state index contributed by atoms with van der Waals surface area (Å²) in [5, 5.41) is 0. The van der Waals surface area contributed by atoms with E-state index in [0.29, 0.717) is 12.0 Å². The molecule has 0 spiro atoms. The summed E-state index contributed by atoms with van der Waals surface area (Å²) in [4.78, 5) is 2.55. The first kappa shape index (κ1) is 13.9. The molecular formula is C13H28N2O. The second kappa shape index (κ2) is 6.58. The monoisotopic (exact) mass is 228 g/mol. The lowest BCUT2D eigenvalue weighted by atomic mass is 9.78. The zero-order valence-corrected chi connectivity index (χ0v) is 11.2. The fraction of sp³-hybridized carbons (Fsp3) is 1.00. The van der Waals surface area contributed by atoms with Crippen molar-refractivity contribution in [2.45, 2.75) is 45.6 Å². The van der Waals surface area contributed by atoms with E-state index in [1.165, 1.54) is 32.4 Å². The van der Waals surface area contributed by atoms with Crippen molar-refractivity contribution in [2.24, 2.45) is 11.1 Å². The molecule has 0 aromatic rings. The standard InChI is InChI=1S/C13H28N2O/c1-4-13(2)6-9-15(10-7-13)8-5-12(11-14)16-3/h12H,4-11,14H2,1-3H3. The van der Waals surface area contributed by atoms with Gasteiger partial charge in [0.05, 0.1) is 6.10 Å². The van der Waals surface area contributed by atoms with Gasteiger partial charge >= 0.3 is 0 Å². The van der Waals surface area contributed by atoms with E-state index in [4.69, 9.17) is 10.5 Å². The maximum Gasteiger partial charge on any atom is 0.0705 e. The molecule has 1 rings (SSSR count). The minimum Gasteiger partial charge on any atom is -0.380 e. The maximum absolute atomic E-state index is 5.62. The van der Waals surface area contributed by atoms with Gasteiger partial charge in [0.2, 0.25) is 0 Å². The van der Waals surface area contributed by atoms with Crippen LogP contribution in [0.3, 0.4) is 0 Å². The molecule has 0 aromatic heterocycles. The van der Waals surface area contributed by atoms with Gasteiger partial charge in [-0.15, -0.1) is 0 Å². The normalized spacial score (nSPS) is 23.2.